The quantitative estimate of drug-likeness (QED) is 0.855. The van der Waals surface area contributed by atoms with Crippen LogP contribution in [0.4, 0.5) is 0 Å². The summed E-state index contributed by atoms with van der Waals surface area (Å²) in [6.07, 6.45) is 1.07. The molecule has 0 aliphatic carbocycles. The van der Waals surface area contributed by atoms with Crippen LogP contribution in [0.25, 0.3) is 0 Å². The number of amides is 1. The highest BCUT2D eigenvalue weighted by Gasteiger charge is 2.35. The fourth-order valence-electron chi connectivity index (χ4n) is 3.05. The summed E-state index contributed by atoms with van der Waals surface area (Å²) in [7, 11) is 0. The number of rotatable bonds is 1. The van der Waals surface area contributed by atoms with E-state index >= 15 is 0 Å². The number of nitrogens with one attached hydrogen (secondary N) is 1. The van der Waals surface area contributed by atoms with Gasteiger partial charge in [-0.2, -0.15) is 0 Å². The maximum Gasteiger partial charge on any atom is 0.255 e. The zero-order valence-corrected chi connectivity index (χ0v) is 13.3. The Bertz CT molecular complexity index is 509. The summed E-state index contributed by atoms with van der Waals surface area (Å²) in [5.74, 6) is 1.30. The molecule has 3 rings (SSSR count). The van der Waals surface area contributed by atoms with Gasteiger partial charge in [0.25, 0.3) is 5.91 Å². The van der Waals surface area contributed by atoms with Gasteiger partial charge in [0.15, 0.2) is 0 Å². The van der Waals surface area contributed by atoms with Crippen molar-refractivity contribution in [3.63, 3.8) is 0 Å². The minimum atomic E-state index is -0.00199. The van der Waals surface area contributed by atoms with Crippen LogP contribution in [-0.4, -0.2) is 37.0 Å². The lowest BCUT2D eigenvalue weighted by Gasteiger charge is -2.34. The summed E-state index contributed by atoms with van der Waals surface area (Å²) >= 11 is 12.1. The lowest BCUT2D eigenvalue weighted by Crippen LogP contribution is -2.43. The highest BCUT2D eigenvalue weighted by atomic mass is 35.5. The van der Waals surface area contributed by atoms with Gasteiger partial charge < -0.3 is 10.2 Å². The van der Waals surface area contributed by atoms with Crippen LogP contribution < -0.4 is 5.32 Å². The molecule has 3 nitrogen and oxygen atoms in total. The topological polar surface area (TPSA) is 32.3 Å². The maximum atomic E-state index is 12.5. The number of benzene rings is 1. The van der Waals surface area contributed by atoms with E-state index < -0.39 is 0 Å². The number of carbonyl (C=O) groups excluding carboxylic acids is 1. The molecule has 1 N–H and O–H groups in total. The minimum Gasteiger partial charge on any atom is -0.338 e. The Labute approximate surface area is 135 Å². The molecule has 0 saturated carbocycles. The molecule has 2 aliphatic heterocycles. The van der Waals surface area contributed by atoms with Gasteiger partial charge >= 0.3 is 0 Å². The molecular formula is C14H17Cl3N2O. The van der Waals surface area contributed by atoms with Gasteiger partial charge in [0.05, 0.1) is 10.6 Å². The summed E-state index contributed by atoms with van der Waals surface area (Å²) in [6.45, 7) is 3.73. The zero-order valence-electron chi connectivity index (χ0n) is 10.9. The molecule has 0 bridgehead atoms. The van der Waals surface area contributed by atoms with Crippen LogP contribution in [0, 0.1) is 11.8 Å². The van der Waals surface area contributed by atoms with Gasteiger partial charge in [-0.05, 0) is 49.5 Å². The van der Waals surface area contributed by atoms with Crippen LogP contribution >= 0.6 is 35.6 Å². The molecule has 2 unspecified atom stereocenters. The zero-order chi connectivity index (χ0) is 13.4. The Balaban J connectivity index is 0.00000147. The summed E-state index contributed by atoms with van der Waals surface area (Å²) in [5.41, 5.74) is 0.513. The Morgan fingerprint density at radius 2 is 2.00 bits per heavy atom. The van der Waals surface area contributed by atoms with E-state index in [-0.39, 0.29) is 18.3 Å². The van der Waals surface area contributed by atoms with Crippen LogP contribution in [0.1, 0.15) is 16.8 Å². The number of likely N-dealkylation sites (tertiary alicyclic amines) is 1. The van der Waals surface area contributed by atoms with Crippen molar-refractivity contribution in [3.8, 4) is 0 Å². The molecule has 0 aromatic heterocycles. The summed E-state index contributed by atoms with van der Waals surface area (Å²) in [5, 5.41) is 4.42. The third-order valence-electron chi connectivity index (χ3n) is 4.15. The second kappa shape index (κ2) is 6.52. The van der Waals surface area contributed by atoms with Crippen molar-refractivity contribution in [2.45, 2.75) is 6.42 Å². The molecule has 2 fully saturated rings. The molecule has 0 spiro atoms. The van der Waals surface area contributed by atoms with E-state index in [2.05, 4.69) is 5.32 Å². The first-order valence-electron chi connectivity index (χ1n) is 6.60. The van der Waals surface area contributed by atoms with Crippen molar-refractivity contribution in [1.29, 1.82) is 0 Å². The van der Waals surface area contributed by atoms with Crippen LogP contribution in [0.3, 0.4) is 0 Å². The van der Waals surface area contributed by atoms with E-state index in [0.29, 0.717) is 21.5 Å². The molecule has 0 radical (unpaired) electrons. The van der Waals surface area contributed by atoms with Crippen molar-refractivity contribution >= 4 is 41.5 Å². The van der Waals surface area contributed by atoms with E-state index in [9.17, 15) is 4.79 Å². The van der Waals surface area contributed by atoms with E-state index in [1.165, 1.54) is 0 Å². The number of fused-ring (bicyclic) bond motifs is 1. The molecule has 1 aromatic carbocycles. The van der Waals surface area contributed by atoms with Crippen molar-refractivity contribution < 1.29 is 4.79 Å². The molecule has 2 saturated heterocycles. The van der Waals surface area contributed by atoms with Gasteiger partial charge in [-0.1, -0.05) is 23.2 Å². The minimum absolute atomic E-state index is 0. The van der Waals surface area contributed by atoms with Gasteiger partial charge in [0, 0.05) is 18.1 Å². The largest absolute Gasteiger partial charge is 0.338 e. The highest BCUT2D eigenvalue weighted by Crippen LogP contribution is 2.29. The first kappa shape index (κ1) is 15.9. The molecular weight excluding hydrogens is 319 g/mol. The van der Waals surface area contributed by atoms with Crippen molar-refractivity contribution in [2.75, 3.05) is 26.2 Å². The third kappa shape index (κ3) is 3.06. The molecule has 1 amide bonds. The Kier molecular flexibility index (Phi) is 5.19. The molecule has 110 valence electrons. The lowest BCUT2D eigenvalue weighted by molar-refractivity contribution is 0.0642. The Hall–Kier alpha value is -0.480. The van der Waals surface area contributed by atoms with Gasteiger partial charge in [-0.3, -0.25) is 4.79 Å². The van der Waals surface area contributed by atoms with Crippen molar-refractivity contribution in [3.05, 3.63) is 33.8 Å². The van der Waals surface area contributed by atoms with Gasteiger partial charge in [-0.15, -0.1) is 12.4 Å². The van der Waals surface area contributed by atoms with Crippen LogP contribution in [0.2, 0.25) is 10.0 Å². The number of piperidine rings is 1. The van der Waals surface area contributed by atoms with Gasteiger partial charge in [0.1, 0.15) is 0 Å². The second-order valence-electron chi connectivity index (χ2n) is 5.34. The smallest absolute Gasteiger partial charge is 0.255 e. The molecule has 2 heterocycles. The normalized spacial score (nSPS) is 25.0. The maximum absolute atomic E-state index is 12.5. The Morgan fingerprint density at radius 3 is 2.80 bits per heavy atom. The molecule has 6 heteroatoms. The number of hydrogen-bond acceptors (Lipinski definition) is 2. The van der Waals surface area contributed by atoms with E-state index in [4.69, 9.17) is 23.2 Å². The lowest BCUT2D eigenvalue weighted by atomic mass is 9.88. The summed E-state index contributed by atoms with van der Waals surface area (Å²) in [6, 6.07) is 5.04. The Morgan fingerprint density at radius 1 is 1.25 bits per heavy atom. The monoisotopic (exact) mass is 334 g/mol. The van der Waals surface area contributed by atoms with Crippen LogP contribution in [-0.2, 0) is 0 Å². The summed E-state index contributed by atoms with van der Waals surface area (Å²) < 4.78 is 0. The standard InChI is InChI=1S/C14H16Cl2N2O.ClH/c15-11-1-2-13(16)12(5-11)14(19)18-4-3-9-6-17-7-10(9)8-18;/h1-2,5,9-10,17H,3-4,6-8H2;1H. The number of halogens is 3. The van der Waals surface area contributed by atoms with Gasteiger partial charge in [-0.25, -0.2) is 0 Å². The molecule has 2 aliphatic rings. The van der Waals surface area contributed by atoms with E-state index in [0.717, 1.165) is 38.5 Å². The fourth-order valence-corrected chi connectivity index (χ4v) is 3.42. The number of hydrogen-bond donors (Lipinski definition) is 1. The van der Waals surface area contributed by atoms with E-state index in [1.54, 1.807) is 18.2 Å². The number of nitrogens with zero attached hydrogens (tertiary/aromatic N) is 1. The van der Waals surface area contributed by atoms with Crippen molar-refractivity contribution in [1.82, 2.24) is 10.2 Å². The average Bonchev–Trinajstić information content (AvgIpc) is 2.88. The number of carbonyl (C=O) groups is 1. The third-order valence-corrected chi connectivity index (χ3v) is 4.72. The molecule has 1 aromatic rings. The first-order valence-corrected chi connectivity index (χ1v) is 7.36. The SMILES string of the molecule is Cl.O=C(c1cc(Cl)ccc1Cl)N1CCC2CNCC2C1. The van der Waals surface area contributed by atoms with E-state index in [1.807, 2.05) is 4.90 Å². The highest BCUT2D eigenvalue weighted by molar-refractivity contribution is 6.35. The fraction of sp³-hybridized carbons (Fsp3) is 0.500. The molecule has 20 heavy (non-hydrogen) atoms. The first-order chi connectivity index (χ1) is 9.15. The van der Waals surface area contributed by atoms with Crippen LogP contribution in [0.15, 0.2) is 18.2 Å². The summed E-state index contributed by atoms with van der Waals surface area (Å²) in [4.78, 5) is 14.4. The predicted molar refractivity (Wildman–Crippen MR) is 84.1 cm³/mol. The van der Waals surface area contributed by atoms with Crippen LogP contribution in [0.5, 0.6) is 0 Å². The molecule has 2 atom stereocenters. The van der Waals surface area contributed by atoms with Gasteiger partial charge in [0.2, 0.25) is 0 Å². The average molecular weight is 336 g/mol. The second-order valence-corrected chi connectivity index (χ2v) is 6.19. The van der Waals surface area contributed by atoms with Crippen molar-refractivity contribution in [2.24, 2.45) is 11.8 Å². The predicted octanol–water partition coefficient (Wildman–Crippen LogP) is 3.10.